The van der Waals surface area contributed by atoms with Gasteiger partial charge in [-0.15, -0.1) is 0 Å². The molecule has 1 rings (SSSR count). The number of aliphatic hydroxyl groups excluding tert-OH is 2. The molecular formula is C11H21NO4S. The first-order valence-corrected chi connectivity index (χ1v) is 6.49. The van der Waals surface area contributed by atoms with Crippen LogP contribution in [0.25, 0.3) is 0 Å². The van der Waals surface area contributed by atoms with Crippen LogP contribution >= 0.6 is 12.6 Å². The molecule has 0 aromatic carbocycles. The smallest absolute Gasteiger partial charge is 0.221 e. The zero-order valence-electron chi connectivity index (χ0n) is 10.2. The van der Waals surface area contributed by atoms with Gasteiger partial charge in [0.25, 0.3) is 0 Å². The van der Waals surface area contributed by atoms with E-state index in [4.69, 9.17) is 9.84 Å². The molecule has 100 valence electrons. The Bertz CT molecular complexity index is 264. The molecule has 0 unspecified atom stereocenters. The summed E-state index contributed by atoms with van der Waals surface area (Å²) in [5.74, 6) is 0.116. The highest BCUT2D eigenvalue weighted by Gasteiger charge is 2.41. The zero-order valence-corrected chi connectivity index (χ0v) is 11.1. The molecule has 0 radical (unpaired) electrons. The number of rotatable bonds is 4. The van der Waals surface area contributed by atoms with Gasteiger partial charge < -0.3 is 20.3 Å². The summed E-state index contributed by atoms with van der Waals surface area (Å²) in [6.45, 7) is 3.46. The summed E-state index contributed by atoms with van der Waals surface area (Å²) in [4.78, 5) is 11.5. The lowest BCUT2D eigenvalue weighted by Crippen LogP contribution is -2.60. The van der Waals surface area contributed by atoms with Crippen LogP contribution in [0.5, 0.6) is 0 Å². The van der Waals surface area contributed by atoms with Gasteiger partial charge in [-0.05, 0) is 12.7 Å². The second-order valence-corrected chi connectivity index (χ2v) is 4.93. The Morgan fingerprint density at radius 1 is 1.47 bits per heavy atom. The minimum atomic E-state index is -0.709. The minimum absolute atomic E-state index is 0.125. The van der Waals surface area contributed by atoms with Gasteiger partial charge in [0.05, 0.1) is 31.0 Å². The van der Waals surface area contributed by atoms with Gasteiger partial charge >= 0.3 is 0 Å². The van der Waals surface area contributed by atoms with Crippen LogP contribution in [0.2, 0.25) is 0 Å². The third-order valence-electron chi connectivity index (χ3n) is 3.23. The molecule has 5 nitrogen and oxygen atoms in total. The molecule has 1 amide bonds. The van der Waals surface area contributed by atoms with Gasteiger partial charge in [0.15, 0.2) is 0 Å². The first-order chi connectivity index (χ1) is 8.01. The van der Waals surface area contributed by atoms with Crippen molar-refractivity contribution >= 4 is 18.5 Å². The lowest BCUT2D eigenvalue weighted by Gasteiger charge is -2.42. The van der Waals surface area contributed by atoms with Crippen LogP contribution in [-0.4, -0.2) is 52.8 Å². The summed E-state index contributed by atoms with van der Waals surface area (Å²) >= 11 is 3.98. The van der Waals surface area contributed by atoms with Crippen LogP contribution in [-0.2, 0) is 9.53 Å². The molecule has 1 aliphatic rings. The van der Waals surface area contributed by atoms with Crippen molar-refractivity contribution in [2.75, 3.05) is 12.4 Å². The third-order valence-corrected chi connectivity index (χ3v) is 3.46. The number of hydrogen-bond donors (Lipinski definition) is 4. The number of nitrogens with one attached hydrogen (secondary N) is 1. The number of amides is 1. The van der Waals surface area contributed by atoms with Crippen molar-refractivity contribution in [2.24, 2.45) is 5.92 Å². The van der Waals surface area contributed by atoms with Gasteiger partial charge in [0.2, 0.25) is 5.91 Å². The maximum atomic E-state index is 11.5. The van der Waals surface area contributed by atoms with E-state index in [9.17, 15) is 9.90 Å². The second kappa shape index (κ2) is 6.58. The largest absolute Gasteiger partial charge is 0.394 e. The summed E-state index contributed by atoms with van der Waals surface area (Å²) in [5.41, 5.74) is 0. The van der Waals surface area contributed by atoms with E-state index in [1.54, 1.807) is 13.8 Å². The van der Waals surface area contributed by atoms with E-state index < -0.39 is 12.1 Å². The summed E-state index contributed by atoms with van der Waals surface area (Å²) in [5, 5.41) is 22.0. The highest BCUT2D eigenvalue weighted by atomic mass is 32.1. The molecule has 0 aliphatic carbocycles. The van der Waals surface area contributed by atoms with Gasteiger partial charge in [-0.2, -0.15) is 12.6 Å². The number of carbonyl (C=O) groups excluding carboxylic acids is 1. The lowest BCUT2D eigenvalue weighted by molar-refractivity contribution is -0.161. The second-order valence-electron chi connectivity index (χ2n) is 4.48. The van der Waals surface area contributed by atoms with Crippen LogP contribution in [0.15, 0.2) is 0 Å². The van der Waals surface area contributed by atoms with Crippen molar-refractivity contribution in [1.29, 1.82) is 0 Å². The number of thiol groups is 1. The lowest BCUT2D eigenvalue weighted by atomic mass is 9.87. The van der Waals surface area contributed by atoms with E-state index in [2.05, 4.69) is 17.9 Å². The monoisotopic (exact) mass is 263 g/mol. The summed E-state index contributed by atoms with van der Waals surface area (Å²) < 4.78 is 5.57. The Morgan fingerprint density at radius 3 is 2.65 bits per heavy atom. The fraction of sp³-hybridized carbons (Fsp3) is 0.909. The fourth-order valence-corrected chi connectivity index (χ4v) is 2.28. The molecule has 0 spiro atoms. The predicted octanol–water partition coefficient (Wildman–Crippen LogP) is -0.432. The van der Waals surface area contributed by atoms with Crippen LogP contribution in [0.1, 0.15) is 20.3 Å². The summed E-state index contributed by atoms with van der Waals surface area (Å²) in [6.07, 6.45) is -1.09. The van der Waals surface area contributed by atoms with Crippen molar-refractivity contribution in [2.45, 2.75) is 44.6 Å². The van der Waals surface area contributed by atoms with E-state index in [-0.39, 0.29) is 30.6 Å². The number of hydrogen-bond acceptors (Lipinski definition) is 5. The van der Waals surface area contributed by atoms with E-state index >= 15 is 0 Å². The first kappa shape index (κ1) is 14.8. The van der Waals surface area contributed by atoms with Crippen molar-refractivity contribution in [1.82, 2.24) is 5.32 Å². The Kier molecular flexibility index (Phi) is 5.72. The third kappa shape index (κ3) is 3.58. The van der Waals surface area contributed by atoms with Crippen LogP contribution in [0.3, 0.4) is 0 Å². The van der Waals surface area contributed by atoms with Gasteiger partial charge in [0.1, 0.15) is 0 Å². The van der Waals surface area contributed by atoms with Crippen molar-refractivity contribution in [3.8, 4) is 0 Å². The summed E-state index contributed by atoms with van der Waals surface area (Å²) in [7, 11) is 0. The SMILES string of the molecule is C[C@H]1[C@H](O)[C@H](NC(=O)CCS)[C@H](C)O[C@@H]1CO. The molecule has 3 N–H and O–H groups in total. The fourth-order valence-electron chi connectivity index (χ4n) is 2.08. The van der Waals surface area contributed by atoms with Crippen molar-refractivity contribution in [3.05, 3.63) is 0 Å². The predicted molar refractivity (Wildman–Crippen MR) is 67.0 cm³/mol. The Labute approximate surface area is 107 Å². The molecule has 0 aromatic heterocycles. The van der Waals surface area contributed by atoms with Crippen molar-refractivity contribution < 1.29 is 19.7 Å². The molecule has 5 atom stereocenters. The molecule has 6 heteroatoms. The molecular weight excluding hydrogens is 242 g/mol. The van der Waals surface area contributed by atoms with E-state index in [0.717, 1.165) is 0 Å². The maximum absolute atomic E-state index is 11.5. The van der Waals surface area contributed by atoms with Crippen LogP contribution < -0.4 is 5.32 Å². The maximum Gasteiger partial charge on any atom is 0.221 e. The Hall–Kier alpha value is -0.300. The molecule has 1 aliphatic heterocycles. The average Bonchev–Trinajstić information content (AvgIpc) is 2.29. The standard InChI is InChI=1S/C11H21NO4S/c1-6-8(5-13)16-7(2)10(11(6)15)12-9(14)3-4-17/h6-8,10-11,13,15,17H,3-5H2,1-2H3,(H,12,14)/t6-,7+,8-,10-,11+/m1/s1. The molecule has 1 heterocycles. The highest BCUT2D eigenvalue weighted by molar-refractivity contribution is 7.80. The highest BCUT2D eigenvalue weighted by Crippen LogP contribution is 2.25. The summed E-state index contributed by atoms with van der Waals surface area (Å²) in [6, 6.07) is -0.430. The molecule has 0 bridgehead atoms. The van der Waals surface area contributed by atoms with Crippen LogP contribution in [0.4, 0.5) is 0 Å². The van der Waals surface area contributed by atoms with E-state index in [0.29, 0.717) is 12.2 Å². The van der Waals surface area contributed by atoms with Gasteiger partial charge in [-0.1, -0.05) is 6.92 Å². The number of ether oxygens (including phenoxy) is 1. The quantitative estimate of drug-likeness (QED) is 0.519. The van der Waals surface area contributed by atoms with Gasteiger partial charge in [-0.25, -0.2) is 0 Å². The Balaban J connectivity index is 2.63. The first-order valence-electron chi connectivity index (χ1n) is 5.85. The van der Waals surface area contributed by atoms with E-state index in [1.165, 1.54) is 0 Å². The van der Waals surface area contributed by atoms with E-state index in [1.807, 2.05) is 0 Å². The van der Waals surface area contributed by atoms with Crippen LogP contribution in [0, 0.1) is 5.92 Å². The molecule has 1 fully saturated rings. The van der Waals surface area contributed by atoms with Gasteiger partial charge in [-0.3, -0.25) is 4.79 Å². The average molecular weight is 263 g/mol. The Morgan fingerprint density at radius 2 is 2.12 bits per heavy atom. The minimum Gasteiger partial charge on any atom is -0.394 e. The number of aliphatic hydroxyl groups is 2. The normalized spacial score (nSPS) is 37.8. The molecule has 1 saturated heterocycles. The number of carbonyl (C=O) groups is 1. The van der Waals surface area contributed by atoms with Crippen molar-refractivity contribution in [3.63, 3.8) is 0 Å². The molecule has 17 heavy (non-hydrogen) atoms. The van der Waals surface area contributed by atoms with Gasteiger partial charge in [0, 0.05) is 12.3 Å². The zero-order chi connectivity index (χ0) is 13.0. The molecule has 0 saturated carbocycles. The molecule has 0 aromatic rings. The topological polar surface area (TPSA) is 78.8 Å².